The molecular weight excluding hydrogens is 286 g/mol. The number of rotatable bonds is 4. The first-order valence-corrected chi connectivity index (χ1v) is 9.10. The molecule has 0 radical (unpaired) electrons. The summed E-state index contributed by atoms with van der Waals surface area (Å²) >= 11 is 0. The molecule has 1 amide bonds. The van der Waals surface area contributed by atoms with Crippen LogP contribution in [0.2, 0.25) is 0 Å². The number of amides is 1. The summed E-state index contributed by atoms with van der Waals surface area (Å²) in [4.78, 5) is 12.4. The number of anilines is 1. The quantitative estimate of drug-likeness (QED) is 0.927. The van der Waals surface area contributed by atoms with E-state index in [9.17, 15) is 13.2 Å². The second kappa shape index (κ2) is 6.60. The molecule has 0 spiro atoms. The van der Waals surface area contributed by atoms with E-state index in [1.165, 1.54) is 6.42 Å². The molecular formula is C16H23NO3S. The van der Waals surface area contributed by atoms with E-state index >= 15 is 0 Å². The SMILES string of the molecule is CC(C)S(=O)(=O)c1ccc(NC(=O)C2CCCCC2)cc1. The Balaban J connectivity index is 2.04. The molecule has 1 aliphatic rings. The van der Waals surface area contributed by atoms with Gasteiger partial charge in [0.2, 0.25) is 5.91 Å². The second-order valence-corrected chi connectivity index (χ2v) is 8.45. The third-order valence-corrected chi connectivity index (χ3v) is 6.22. The van der Waals surface area contributed by atoms with Gasteiger partial charge < -0.3 is 5.32 Å². The molecule has 0 aliphatic heterocycles. The Morgan fingerprint density at radius 1 is 1.10 bits per heavy atom. The van der Waals surface area contributed by atoms with E-state index in [0.29, 0.717) is 10.6 Å². The lowest BCUT2D eigenvalue weighted by Crippen LogP contribution is -2.24. The minimum atomic E-state index is -3.26. The fourth-order valence-electron chi connectivity index (χ4n) is 2.61. The molecule has 1 fully saturated rings. The van der Waals surface area contributed by atoms with Gasteiger partial charge in [0.15, 0.2) is 9.84 Å². The summed E-state index contributed by atoms with van der Waals surface area (Å²) in [6, 6.07) is 6.45. The number of benzene rings is 1. The van der Waals surface area contributed by atoms with Gasteiger partial charge in [0.1, 0.15) is 0 Å². The van der Waals surface area contributed by atoms with Crippen LogP contribution >= 0.6 is 0 Å². The van der Waals surface area contributed by atoms with Crippen LogP contribution in [0.5, 0.6) is 0 Å². The Labute approximate surface area is 126 Å². The topological polar surface area (TPSA) is 63.2 Å². The Hall–Kier alpha value is -1.36. The fraction of sp³-hybridized carbons (Fsp3) is 0.562. The summed E-state index contributed by atoms with van der Waals surface area (Å²) in [5, 5.41) is 2.44. The maximum atomic E-state index is 12.1. The van der Waals surface area contributed by atoms with Crippen LogP contribution in [0.1, 0.15) is 46.0 Å². The summed E-state index contributed by atoms with van der Waals surface area (Å²) < 4.78 is 24.1. The largest absolute Gasteiger partial charge is 0.326 e. The van der Waals surface area contributed by atoms with Gasteiger partial charge in [0.25, 0.3) is 0 Å². The number of hydrogen-bond acceptors (Lipinski definition) is 3. The fourth-order valence-corrected chi connectivity index (χ4v) is 3.67. The Morgan fingerprint density at radius 3 is 2.19 bits per heavy atom. The first-order chi connectivity index (χ1) is 9.91. The first-order valence-electron chi connectivity index (χ1n) is 7.56. The average molecular weight is 309 g/mol. The molecule has 21 heavy (non-hydrogen) atoms. The monoisotopic (exact) mass is 309 g/mol. The van der Waals surface area contributed by atoms with Gasteiger partial charge in [-0.25, -0.2) is 8.42 Å². The second-order valence-electron chi connectivity index (χ2n) is 5.94. The van der Waals surface area contributed by atoms with E-state index in [1.54, 1.807) is 38.1 Å². The van der Waals surface area contributed by atoms with Crippen LogP contribution in [0.15, 0.2) is 29.2 Å². The van der Waals surface area contributed by atoms with Crippen molar-refractivity contribution in [2.45, 2.75) is 56.1 Å². The van der Waals surface area contributed by atoms with Crippen molar-refractivity contribution in [2.75, 3.05) is 5.32 Å². The van der Waals surface area contributed by atoms with Crippen LogP contribution in [-0.2, 0) is 14.6 Å². The lowest BCUT2D eigenvalue weighted by atomic mass is 9.88. The van der Waals surface area contributed by atoms with Crippen molar-refractivity contribution < 1.29 is 13.2 Å². The van der Waals surface area contributed by atoms with E-state index in [1.807, 2.05) is 0 Å². The van der Waals surface area contributed by atoms with E-state index < -0.39 is 15.1 Å². The van der Waals surface area contributed by atoms with Gasteiger partial charge in [0, 0.05) is 11.6 Å². The molecule has 0 atom stereocenters. The molecule has 0 saturated heterocycles. The van der Waals surface area contributed by atoms with Crippen molar-refractivity contribution in [1.29, 1.82) is 0 Å². The summed E-state index contributed by atoms with van der Waals surface area (Å²) in [6.45, 7) is 3.32. The summed E-state index contributed by atoms with van der Waals surface area (Å²) in [7, 11) is -3.26. The number of hydrogen-bond donors (Lipinski definition) is 1. The van der Waals surface area contributed by atoms with Crippen LogP contribution in [-0.4, -0.2) is 19.6 Å². The van der Waals surface area contributed by atoms with Crippen LogP contribution in [0.4, 0.5) is 5.69 Å². The number of nitrogens with one attached hydrogen (secondary N) is 1. The van der Waals surface area contributed by atoms with E-state index in [-0.39, 0.29) is 11.8 Å². The Kier molecular flexibility index (Phi) is 5.04. The lowest BCUT2D eigenvalue weighted by molar-refractivity contribution is -0.120. The molecule has 0 bridgehead atoms. The molecule has 5 heteroatoms. The molecule has 1 aliphatic carbocycles. The van der Waals surface area contributed by atoms with E-state index in [4.69, 9.17) is 0 Å². The van der Waals surface area contributed by atoms with Crippen molar-refractivity contribution >= 4 is 21.4 Å². The summed E-state index contributed by atoms with van der Waals surface area (Å²) in [6.07, 6.45) is 5.34. The number of sulfone groups is 1. The molecule has 1 N–H and O–H groups in total. The molecule has 1 aromatic carbocycles. The Morgan fingerprint density at radius 2 is 1.67 bits per heavy atom. The van der Waals surface area contributed by atoms with Gasteiger partial charge in [-0.3, -0.25) is 4.79 Å². The van der Waals surface area contributed by atoms with Gasteiger partial charge in [-0.15, -0.1) is 0 Å². The summed E-state index contributed by atoms with van der Waals surface area (Å²) in [5.74, 6) is 0.145. The zero-order valence-corrected chi connectivity index (χ0v) is 13.4. The molecule has 0 heterocycles. The minimum Gasteiger partial charge on any atom is -0.326 e. The highest BCUT2D eigenvalue weighted by Crippen LogP contribution is 2.25. The number of carbonyl (C=O) groups is 1. The molecule has 1 saturated carbocycles. The van der Waals surface area contributed by atoms with Crippen LogP contribution in [0.25, 0.3) is 0 Å². The van der Waals surface area contributed by atoms with Gasteiger partial charge in [-0.2, -0.15) is 0 Å². The standard InChI is InChI=1S/C16H23NO3S/c1-12(2)21(19,20)15-10-8-14(9-11-15)17-16(18)13-6-4-3-5-7-13/h8-13H,3-7H2,1-2H3,(H,17,18). The molecule has 4 nitrogen and oxygen atoms in total. The minimum absolute atomic E-state index is 0.0502. The van der Waals surface area contributed by atoms with Crippen molar-refractivity contribution in [1.82, 2.24) is 0 Å². The van der Waals surface area contributed by atoms with E-state index in [0.717, 1.165) is 25.7 Å². The Bertz CT molecular complexity index is 584. The first kappa shape index (κ1) is 16.0. The van der Waals surface area contributed by atoms with Crippen LogP contribution in [0, 0.1) is 5.92 Å². The average Bonchev–Trinajstić information content (AvgIpc) is 2.48. The van der Waals surface area contributed by atoms with Crippen molar-refractivity contribution in [3.63, 3.8) is 0 Å². The lowest BCUT2D eigenvalue weighted by Gasteiger charge is -2.20. The smallest absolute Gasteiger partial charge is 0.227 e. The number of carbonyl (C=O) groups excluding carboxylic acids is 1. The zero-order chi connectivity index (χ0) is 15.5. The van der Waals surface area contributed by atoms with Gasteiger partial charge in [0.05, 0.1) is 10.1 Å². The normalized spacial score (nSPS) is 16.9. The van der Waals surface area contributed by atoms with Crippen molar-refractivity contribution in [3.05, 3.63) is 24.3 Å². The highest BCUT2D eigenvalue weighted by Gasteiger charge is 2.22. The third-order valence-electron chi connectivity index (χ3n) is 4.05. The summed E-state index contributed by atoms with van der Waals surface area (Å²) in [5.41, 5.74) is 0.660. The van der Waals surface area contributed by atoms with Gasteiger partial charge in [-0.1, -0.05) is 19.3 Å². The molecule has 1 aromatic rings. The van der Waals surface area contributed by atoms with Gasteiger partial charge >= 0.3 is 0 Å². The highest BCUT2D eigenvalue weighted by atomic mass is 32.2. The van der Waals surface area contributed by atoms with Crippen molar-refractivity contribution in [2.24, 2.45) is 5.92 Å². The van der Waals surface area contributed by atoms with Crippen molar-refractivity contribution in [3.8, 4) is 0 Å². The van der Waals surface area contributed by atoms with E-state index in [2.05, 4.69) is 5.32 Å². The van der Waals surface area contributed by atoms with Crippen LogP contribution < -0.4 is 5.32 Å². The van der Waals surface area contributed by atoms with Crippen LogP contribution in [0.3, 0.4) is 0 Å². The third kappa shape index (κ3) is 3.84. The molecule has 0 aromatic heterocycles. The zero-order valence-electron chi connectivity index (χ0n) is 12.6. The molecule has 2 rings (SSSR count). The molecule has 116 valence electrons. The molecule has 0 unspecified atom stereocenters. The predicted molar refractivity (Wildman–Crippen MR) is 84.0 cm³/mol. The highest BCUT2D eigenvalue weighted by molar-refractivity contribution is 7.92. The predicted octanol–water partition coefficient (Wildman–Crippen LogP) is 3.39. The maximum Gasteiger partial charge on any atom is 0.227 e. The maximum absolute atomic E-state index is 12.1. The van der Waals surface area contributed by atoms with Gasteiger partial charge in [-0.05, 0) is 51.0 Å².